The Balaban J connectivity index is 1.98. The number of carbonyl (C=O) groups is 3. The van der Waals surface area contributed by atoms with Crippen molar-refractivity contribution in [1.29, 1.82) is 0 Å². The molecule has 6 nitrogen and oxygen atoms in total. The Bertz CT molecular complexity index is 375. The van der Waals surface area contributed by atoms with E-state index in [1.165, 1.54) is 0 Å². The van der Waals surface area contributed by atoms with E-state index < -0.39 is 17.4 Å². The van der Waals surface area contributed by atoms with Gasteiger partial charge < -0.3 is 11.1 Å². The van der Waals surface area contributed by atoms with Crippen LogP contribution in [0.1, 0.15) is 38.5 Å². The molecule has 4 N–H and O–H groups in total. The normalized spacial score (nSPS) is 26.8. The third kappa shape index (κ3) is 2.38. The van der Waals surface area contributed by atoms with Gasteiger partial charge in [0.25, 0.3) is 0 Å². The molecule has 0 aromatic rings. The zero-order valence-corrected chi connectivity index (χ0v) is 10.3. The fraction of sp³-hybridized carbons (Fsp3) is 0.750. The van der Waals surface area contributed by atoms with Crippen LogP contribution < -0.4 is 16.4 Å². The fourth-order valence-electron chi connectivity index (χ4n) is 2.72. The van der Waals surface area contributed by atoms with Crippen LogP contribution >= 0.6 is 0 Å². The quantitative estimate of drug-likeness (QED) is 0.586. The number of rotatable bonds is 3. The molecule has 0 radical (unpaired) electrons. The average Bonchev–Trinajstić information content (AvgIpc) is 2.82. The van der Waals surface area contributed by atoms with Crippen molar-refractivity contribution < 1.29 is 14.4 Å². The molecule has 2 rings (SSSR count). The molecule has 1 heterocycles. The minimum atomic E-state index is -0.598. The zero-order chi connectivity index (χ0) is 13.2. The van der Waals surface area contributed by atoms with E-state index in [1.54, 1.807) is 0 Å². The van der Waals surface area contributed by atoms with Crippen LogP contribution in [0.15, 0.2) is 0 Å². The standard InChI is InChI=1S/C12H19N3O3/c13-7-12(5-1-2-6-12)11(18)14-8-3-4-9(16)15-10(8)17/h8H,1-7,13H2,(H,14,18)(H,15,16,17). The van der Waals surface area contributed by atoms with Crippen molar-refractivity contribution in [3.8, 4) is 0 Å². The van der Waals surface area contributed by atoms with Crippen LogP contribution in [0, 0.1) is 5.41 Å². The van der Waals surface area contributed by atoms with Crippen LogP contribution in [-0.4, -0.2) is 30.3 Å². The number of nitrogens with two attached hydrogens (primary N) is 1. The SMILES string of the molecule is NCC1(C(=O)NC2CCC(=O)NC2=O)CCCC1. The number of hydrogen-bond donors (Lipinski definition) is 3. The highest BCUT2D eigenvalue weighted by Gasteiger charge is 2.41. The van der Waals surface area contributed by atoms with Gasteiger partial charge in [-0.15, -0.1) is 0 Å². The molecular weight excluding hydrogens is 234 g/mol. The molecule has 1 saturated heterocycles. The highest BCUT2D eigenvalue weighted by molar-refractivity contribution is 6.02. The van der Waals surface area contributed by atoms with Gasteiger partial charge in [-0.25, -0.2) is 0 Å². The van der Waals surface area contributed by atoms with Gasteiger partial charge in [0, 0.05) is 13.0 Å². The maximum atomic E-state index is 12.2. The van der Waals surface area contributed by atoms with Gasteiger partial charge in [-0.05, 0) is 19.3 Å². The summed E-state index contributed by atoms with van der Waals surface area (Å²) in [7, 11) is 0. The van der Waals surface area contributed by atoms with E-state index in [-0.39, 0.29) is 18.2 Å². The summed E-state index contributed by atoms with van der Waals surface area (Å²) in [5.74, 6) is -0.832. The molecule has 1 aliphatic heterocycles. The van der Waals surface area contributed by atoms with E-state index in [0.29, 0.717) is 13.0 Å². The van der Waals surface area contributed by atoms with E-state index in [0.717, 1.165) is 25.7 Å². The largest absolute Gasteiger partial charge is 0.344 e. The summed E-state index contributed by atoms with van der Waals surface area (Å²) < 4.78 is 0. The number of imide groups is 1. The Morgan fingerprint density at radius 3 is 2.61 bits per heavy atom. The Kier molecular flexibility index (Phi) is 3.65. The first-order chi connectivity index (χ1) is 8.57. The van der Waals surface area contributed by atoms with Crippen LogP contribution in [0.3, 0.4) is 0 Å². The monoisotopic (exact) mass is 253 g/mol. The molecule has 1 unspecified atom stereocenters. The van der Waals surface area contributed by atoms with Crippen molar-refractivity contribution in [2.45, 2.75) is 44.6 Å². The minimum Gasteiger partial charge on any atom is -0.344 e. The summed E-state index contributed by atoms with van der Waals surface area (Å²) in [5.41, 5.74) is 5.20. The zero-order valence-electron chi connectivity index (χ0n) is 10.3. The molecule has 18 heavy (non-hydrogen) atoms. The van der Waals surface area contributed by atoms with E-state index in [2.05, 4.69) is 10.6 Å². The summed E-state index contributed by atoms with van der Waals surface area (Å²) in [6, 6.07) is -0.598. The van der Waals surface area contributed by atoms with Gasteiger partial charge in [-0.2, -0.15) is 0 Å². The summed E-state index contributed by atoms with van der Waals surface area (Å²) in [4.78, 5) is 34.8. The lowest BCUT2D eigenvalue weighted by Gasteiger charge is -2.29. The van der Waals surface area contributed by atoms with Gasteiger partial charge in [0.1, 0.15) is 6.04 Å². The maximum absolute atomic E-state index is 12.2. The summed E-state index contributed by atoms with van der Waals surface area (Å²) in [5, 5.41) is 4.97. The molecule has 0 aromatic heterocycles. The second kappa shape index (κ2) is 5.06. The van der Waals surface area contributed by atoms with Crippen molar-refractivity contribution in [1.82, 2.24) is 10.6 Å². The van der Waals surface area contributed by atoms with Gasteiger partial charge in [0.2, 0.25) is 17.7 Å². The molecule has 1 saturated carbocycles. The van der Waals surface area contributed by atoms with Gasteiger partial charge >= 0.3 is 0 Å². The third-order valence-corrected chi connectivity index (χ3v) is 3.98. The molecule has 0 aromatic carbocycles. The molecule has 2 aliphatic rings. The van der Waals surface area contributed by atoms with E-state index in [9.17, 15) is 14.4 Å². The lowest BCUT2D eigenvalue weighted by Crippen LogP contribution is -2.56. The van der Waals surface area contributed by atoms with E-state index in [4.69, 9.17) is 5.73 Å². The van der Waals surface area contributed by atoms with Crippen LogP contribution in [0.5, 0.6) is 0 Å². The Hall–Kier alpha value is -1.43. The van der Waals surface area contributed by atoms with Crippen molar-refractivity contribution in [3.63, 3.8) is 0 Å². The number of nitrogens with one attached hydrogen (secondary N) is 2. The predicted molar refractivity (Wildman–Crippen MR) is 64.3 cm³/mol. The molecular formula is C12H19N3O3. The highest BCUT2D eigenvalue weighted by Crippen LogP contribution is 2.37. The van der Waals surface area contributed by atoms with Crippen LogP contribution in [0.2, 0.25) is 0 Å². The molecule has 1 atom stereocenters. The predicted octanol–water partition coefficient (Wildman–Crippen LogP) is -0.573. The molecule has 0 bridgehead atoms. The number of piperidine rings is 1. The Morgan fingerprint density at radius 1 is 1.39 bits per heavy atom. The first-order valence-corrected chi connectivity index (χ1v) is 6.42. The Labute approximate surface area is 106 Å². The number of carbonyl (C=O) groups excluding carboxylic acids is 3. The van der Waals surface area contributed by atoms with Gasteiger partial charge in [-0.1, -0.05) is 12.8 Å². The molecule has 3 amide bonds. The summed E-state index contributed by atoms with van der Waals surface area (Å²) in [6.07, 6.45) is 4.20. The minimum absolute atomic E-state index is 0.142. The lowest BCUT2D eigenvalue weighted by molar-refractivity contribution is -0.139. The topological polar surface area (TPSA) is 101 Å². The van der Waals surface area contributed by atoms with Crippen LogP contribution in [0.4, 0.5) is 0 Å². The maximum Gasteiger partial charge on any atom is 0.249 e. The molecule has 2 fully saturated rings. The summed E-state index contributed by atoms with van der Waals surface area (Å²) >= 11 is 0. The molecule has 6 heteroatoms. The van der Waals surface area contributed by atoms with Crippen molar-refractivity contribution in [2.24, 2.45) is 11.1 Å². The fourth-order valence-corrected chi connectivity index (χ4v) is 2.72. The molecule has 100 valence electrons. The van der Waals surface area contributed by atoms with Crippen LogP contribution in [-0.2, 0) is 14.4 Å². The van der Waals surface area contributed by atoms with Crippen molar-refractivity contribution >= 4 is 17.7 Å². The number of amides is 3. The Morgan fingerprint density at radius 2 is 2.06 bits per heavy atom. The highest BCUT2D eigenvalue weighted by atomic mass is 16.2. The van der Waals surface area contributed by atoms with Crippen molar-refractivity contribution in [3.05, 3.63) is 0 Å². The summed E-state index contributed by atoms with van der Waals surface area (Å²) in [6.45, 7) is 0.312. The van der Waals surface area contributed by atoms with Gasteiger partial charge in [-0.3, -0.25) is 19.7 Å². The lowest BCUT2D eigenvalue weighted by atomic mass is 9.84. The van der Waals surface area contributed by atoms with E-state index >= 15 is 0 Å². The second-order valence-electron chi connectivity index (χ2n) is 5.17. The molecule has 1 aliphatic carbocycles. The second-order valence-corrected chi connectivity index (χ2v) is 5.17. The third-order valence-electron chi connectivity index (χ3n) is 3.98. The first-order valence-electron chi connectivity index (χ1n) is 6.42. The van der Waals surface area contributed by atoms with Gasteiger partial charge in [0.15, 0.2) is 0 Å². The van der Waals surface area contributed by atoms with Crippen molar-refractivity contribution in [2.75, 3.05) is 6.54 Å². The van der Waals surface area contributed by atoms with E-state index in [1.807, 2.05) is 0 Å². The molecule has 0 spiro atoms. The van der Waals surface area contributed by atoms with Gasteiger partial charge in [0.05, 0.1) is 5.41 Å². The van der Waals surface area contributed by atoms with Crippen LogP contribution in [0.25, 0.3) is 0 Å². The smallest absolute Gasteiger partial charge is 0.249 e. The average molecular weight is 253 g/mol. The number of hydrogen-bond acceptors (Lipinski definition) is 4. The first kappa shape index (κ1) is 13.0.